The number of hydrogen-bond acceptors (Lipinski definition) is 4. The number of ether oxygens (including phenoxy) is 2. The first-order valence-electron chi connectivity index (χ1n) is 9.12. The van der Waals surface area contributed by atoms with Gasteiger partial charge in [-0.25, -0.2) is 0 Å². The molecular formula is C22H26N2O4. The van der Waals surface area contributed by atoms with Crippen LogP contribution in [-0.4, -0.2) is 44.0 Å². The van der Waals surface area contributed by atoms with Gasteiger partial charge in [-0.2, -0.15) is 0 Å². The molecule has 2 rings (SSSR count). The van der Waals surface area contributed by atoms with Crippen LogP contribution in [0.4, 0.5) is 5.69 Å². The van der Waals surface area contributed by atoms with Crippen molar-refractivity contribution in [3.05, 3.63) is 59.7 Å². The van der Waals surface area contributed by atoms with Crippen molar-refractivity contribution in [3.8, 4) is 11.5 Å². The van der Waals surface area contributed by atoms with Crippen LogP contribution in [0.1, 0.15) is 29.8 Å². The summed E-state index contributed by atoms with van der Waals surface area (Å²) in [5.74, 6) is 0.924. The lowest BCUT2D eigenvalue weighted by atomic mass is 10.1. The molecule has 6 nitrogen and oxygen atoms in total. The van der Waals surface area contributed by atoms with Gasteiger partial charge in [0, 0.05) is 42.0 Å². The molecule has 1 N–H and O–H groups in total. The third-order valence-electron chi connectivity index (χ3n) is 4.28. The van der Waals surface area contributed by atoms with Gasteiger partial charge in [-0.1, -0.05) is 6.07 Å². The predicted octanol–water partition coefficient (Wildman–Crippen LogP) is 3.84. The monoisotopic (exact) mass is 382 g/mol. The number of methoxy groups -OCH3 is 2. The summed E-state index contributed by atoms with van der Waals surface area (Å²) in [6.45, 7) is 5.15. The fourth-order valence-electron chi connectivity index (χ4n) is 2.73. The number of anilines is 1. The first-order chi connectivity index (χ1) is 13.5. The van der Waals surface area contributed by atoms with Gasteiger partial charge >= 0.3 is 0 Å². The second-order valence-electron chi connectivity index (χ2n) is 5.99. The first-order valence-corrected chi connectivity index (χ1v) is 9.12. The molecule has 148 valence electrons. The Balaban J connectivity index is 2.10. The first kappa shape index (κ1) is 21.0. The number of amides is 2. The van der Waals surface area contributed by atoms with Gasteiger partial charge in [0.25, 0.3) is 5.91 Å². The van der Waals surface area contributed by atoms with Gasteiger partial charge in [-0.3, -0.25) is 9.59 Å². The van der Waals surface area contributed by atoms with Crippen molar-refractivity contribution in [1.82, 2.24) is 4.90 Å². The summed E-state index contributed by atoms with van der Waals surface area (Å²) in [6.07, 6.45) is 3.09. The molecule has 0 aliphatic heterocycles. The molecule has 0 saturated heterocycles. The highest BCUT2D eigenvalue weighted by Crippen LogP contribution is 2.25. The molecule has 0 bridgehead atoms. The molecule has 0 aromatic heterocycles. The number of rotatable bonds is 8. The van der Waals surface area contributed by atoms with Gasteiger partial charge in [0.2, 0.25) is 5.91 Å². The topological polar surface area (TPSA) is 67.9 Å². The van der Waals surface area contributed by atoms with E-state index in [1.165, 1.54) is 6.08 Å². The molecule has 2 aromatic rings. The number of hydrogen-bond donors (Lipinski definition) is 1. The van der Waals surface area contributed by atoms with Gasteiger partial charge in [0.1, 0.15) is 11.5 Å². The van der Waals surface area contributed by atoms with Crippen LogP contribution in [0.15, 0.2) is 48.5 Å². The molecule has 0 heterocycles. The molecule has 2 amide bonds. The van der Waals surface area contributed by atoms with E-state index < -0.39 is 0 Å². The Morgan fingerprint density at radius 3 is 2.43 bits per heavy atom. The third kappa shape index (κ3) is 5.36. The van der Waals surface area contributed by atoms with Crippen LogP contribution in [0.2, 0.25) is 0 Å². The molecule has 0 atom stereocenters. The largest absolute Gasteiger partial charge is 0.497 e. The van der Waals surface area contributed by atoms with Gasteiger partial charge in [0.15, 0.2) is 0 Å². The van der Waals surface area contributed by atoms with Crippen molar-refractivity contribution in [2.45, 2.75) is 13.8 Å². The van der Waals surface area contributed by atoms with Crippen LogP contribution in [0, 0.1) is 0 Å². The van der Waals surface area contributed by atoms with Crippen LogP contribution >= 0.6 is 0 Å². The molecule has 2 aromatic carbocycles. The second kappa shape index (κ2) is 10.2. The minimum Gasteiger partial charge on any atom is -0.497 e. The fourth-order valence-corrected chi connectivity index (χ4v) is 2.73. The zero-order chi connectivity index (χ0) is 20.5. The Labute approximate surface area is 165 Å². The number of carbonyl (C=O) groups excluding carboxylic acids is 2. The van der Waals surface area contributed by atoms with E-state index in [0.29, 0.717) is 35.8 Å². The van der Waals surface area contributed by atoms with Crippen LogP contribution < -0.4 is 14.8 Å². The van der Waals surface area contributed by atoms with Crippen molar-refractivity contribution in [2.75, 3.05) is 32.6 Å². The zero-order valence-corrected chi connectivity index (χ0v) is 16.7. The molecule has 0 aliphatic rings. The average molecular weight is 382 g/mol. The smallest absolute Gasteiger partial charge is 0.253 e. The maximum Gasteiger partial charge on any atom is 0.253 e. The Morgan fingerprint density at radius 2 is 1.79 bits per heavy atom. The summed E-state index contributed by atoms with van der Waals surface area (Å²) in [6, 6.07) is 12.3. The Hall–Kier alpha value is -3.28. The van der Waals surface area contributed by atoms with E-state index in [1.807, 2.05) is 19.9 Å². The summed E-state index contributed by atoms with van der Waals surface area (Å²) in [5.41, 5.74) is 1.86. The standard InChI is InChI=1S/C22H26N2O4/c1-5-24(6-2)22(26)17-8-7-9-18(14-17)23-21(25)13-11-16-10-12-19(27-3)15-20(16)28-4/h7-15H,5-6H2,1-4H3,(H,23,25)/b13-11-. The third-order valence-corrected chi connectivity index (χ3v) is 4.28. The molecular weight excluding hydrogens is 356 g/mol. The highest BCUT2D eigenvalue weighted by Gasteiger charge is 2.13. The summed E-state index contributed by atoms with van der Waals surface area (Å²) in [7, 11) is 3.14. The summed E-state index contributed by atoms with van der Waals surface area (Å²) < 4.78 is 10.5. The summed E-state index contributed by atoms with van der Waals surface area (Å²) in [4.78, 5) is 26.5. The Morgan fingerprint density at radius 1 is 1.04 bits per heavy atom. The van der Waals surface area contributed by atoms with Gasteiger partial charge in [-0.05, 0) is 50.3 Å². The average Bonchev–Trinajstić information content (AvgIpc) is 2.73. The van der Waals surface area contributed by atoms with Crippen LogP contribution in [0.5, 0.6) is 11.5 Å². The van der Waals surface area contributed by atoms with E-state index in [1.54, 1.807) is 61.6 Å². The highest BCUT2D eigenvalue weighted by atomic mass is 16.5. The molecule has 0 aliphatic carbocycles. The molecule has 28 heavy (non-hydrogen) atoms. The molecule has 0 fully saturated rings. The van der Waals surface area contributed by atoms with E-state index in [2.05, 4.69) is 5.32 Å². The summed E-state index contributed by atoms with van der Waals surface area (Å²) >= 11 is 0. The molecule has 0 spiro atoms. The van der Waals surface area contributed by atoms with Gasteiger partial charge in [-0.15, -0.1) is 0 Å². The highest BCUT2D eigenvalue weighted by molar-refractivity contribution is 6.03. The lowest BCUT2D eigenvalue weighted by molar-refractivity contribution is -0.111. The van der Waals surface area contributed by atoms with Gasteiger partial charge < -0.3 is 19.7 Å². The SMILES string of the molecule is CCN(CC)C(=O)c1cccc(NC(=O)/C=C\c2ccc(OC)cc2OC)c1. The predicted molar refractivity (Wildman–Crippen MR) is 111 cm³/mol. The normalized spacial score (nSPS) is 10.6. The Kier molecular flexibility index (Phi) is 7.63. The van der Waals surface area contributed by atoms with E-state index in [4.69, 9.17) is 9.47 Å². The zero-order valence-electron chi connectivity index (χ0n) is 16.7. The lowest BCUT2D eigenvalue weighted by Crippen LogP contribution is -2.30. The molecule has 0 radical (unpaired) electrons. The van der Waals surface area contributed by atoms with Crippen LogP contribution in [-0.2, 0) is 4.79 Å². The number of nitrogens with zero attached hydrogens (tertiary/aromatic N) is 1. The Bertz CT molecular complexity index is 857. The van der Waals surface area contributed by atoms with Crippen molar-refractivity contribution < 1.29 is 19.1 Å². The van der Waals surface area contributed by atoms with E-state index >= 15 is 0 Å². The number of benzene rings is 2. The fraction of sp³-hybridized carbons (Fsp3) is 0.273. The van der Waals surface area contributed by atoms with E-state index in [0.717, 1.165) is 5.56 Å². The summed E-state index contributed by atoms with van der Waals surface area (Å²) in [5, 5.41) is 2.78. The lowest BCUT2D eigenvalue weighted by Gasteiger charge is -2.18. The van der Waals surface area contributed by atoms with E-state index in [-0.39, 0.29) is 11.8 Å². The van der Waals surface area contributed by atoms with Crippen molar-refractivity contribution >= 4 is 23.6 Å². The molecule has 0 unspecified atom stereocenters. The second-order valence-corrected chi connectivity index (χ2v) is 5.99. The molecule has 0 saturated carbocycles. The van der Waals surface area contributed by atoms with Crippen molar-refractivity contribution in [1.29, 1.82) is 0 Å². The van der Waals surface area contributed by atoms with Crippen LogP contribution in [0.3, 0.4) is 0 Å². The quantitative estimate of drug-likeness (QED) is 0.705. The maximum absolute atomic E-state index is 12.5. The maximum atomic E-state index is 12.5. The van der Waals surface area contributed by atoms with Gasteiger partial charge in [0.05, 0.1) is 14.2 Å². The molecule has 6 heteroatoms. The number of nitrogens with one attached hydrogen (secondary N) is 1. The van der Waals surface area contributed by atoms with Crippen LogP contribution in [0.25, 0.3) is 6.08 Å². The number of carbonyl (C=O) groups is 2. The van der Waals surface area contributed by atoms with E-state index in [9.17, 15) is 9.59 Å². The minimum absolute atomic E-state index is 0.0559. The minimum atomic E-state index is -0.301. The van der Waals surface area contributed by atoms with Crippen molar-refractivity contribution in [2.24, 2.45) is 0 Å². The van der Waals surface area contributed by atoms with Crippen molar-refractivity contribution in [3.63, 3.8) is 0 Å².